The van der Waals surface area contributed by atoms with Crippen molar-refractivity contribution in [3.63, 3.8) is 0 Å². The van der Waals surface area contributed by atoms with E-state index in [1.807, 2.05) is 13.0 Å². The summed E-state index contributed by atoms with van der Waals surface area (Å²) in [6.07, 6.45) is 1.76. The first-order valence-corrected chi connectivity index (χ1v) is 4.40. The van der Waals surface area contributed by atoms with Crippen LogP contribution in [0.15, 0.2) is 22.8 Å². The van der Waals surface area contributed by atoms with E-state index in [1.165, 1.54) is 0 Å². The predicted molar refractivity (Wildman–Crippen MR) is 48.3 cm³/mol. The normalized spacial score (nSPS) is 12.8. The first kappa shape index (κ1) is 9.99. The Morgan fingerprint density at radius 2 is 2.46 bits per heavy atom. The summed E-state index contributed by atoms with van der Waals surface area (Å²) in [5.74, 6) is 0.863. The standard InChI is InChI=1S/C10H14O3/c1-3-10(11)8(2)13-7-9-5-4-6-12-9/h4-6,8H,3,7H2,1-2H3. The molecule has 72 valence electrons. The number of Topliss-reactive ketones (excluding diaryl/α,β-unsaturated/α-hetero) is 1. The number of furan rings is 1. The van der Waals surface area contributed by atoms with Gasteiger partial charge in [0.1, 0.15) is 18.5 Å². The molecule has 0 saturated heterocycles. The number of hydrogen-bond donors (Lipinski definition) is 0. The minimum atomic E-state index is -0.338. The van der Waals surface area contributed by atoms with Crippen LogP contribution >= 0.6 is 0 Å². The highest BCUT2D eigenvalue weighted by molar-refractivity contribution is 5.82. The van der Waals surface area contributed by atoms with Gasteiger partial charge in [-0.05, 0) is 19.1 Å². The van der Waals surface area contributed by atoms with Crippen molar-refractivity contribution in [1.29, 1.82) is 0 Å². The lowest BCUT2D eigenvalue weighted by atomic mass is 10.2. The fourth-order valence-corrected chi connectivity index (χ4v) is 0.982. The summed E-state index contributed by atoms with van der Waals surface area (Å²) >= 11 is 0. The average molecular weight is 182 g/mol. The third-order valence-corrected chi connectivity index (χ3v) is 1.86. The zero-order valence-corrected chi connectivity index (χ0v) is 7.95. The third-order valence-electron chi connectivity index (χ3n) is 1.86. The fourth-order valence-electron chi connectivity index (χ4n) is 0.982. The van der Waals surface area contributed by atoms with Gasteiger partial charge in [-0.3, -0.25) is 4.79 Å². The maximum atomic E-state index is 11.1. The maximum Gasteiger partial charge on any atom is 0.161 e. The number of carbonyl (C=O) groups excluding carboxylic acids is 1. The lowest BCUT2D eigenvalue weighted by Crippen LogP contribution is -2.19. The molecular formula is C10H14O3. The van der Waals surface area contributed by atoms with Gasteiger partial charge in [0.2, 0.25) is 0 Å². The van der Waals surface area contributed by atoms with Gasteiger partial charge in [-0.2, -0.15) is 0 Å². The molecule has 0 aromatic carbocycles. The fraction of sp³-hybridized carbons (Fsp3) is 0.500. The van der Waals surface area contributed by atoms with Gasteiger partial charge in [0.15, 0.2) is 5.78 Å². The van der Waals surface area contributed by atoms with Crippen molar-refractivity contribution >= 4 is 5.78 Å². The average Bonchev–Trinajstić information content (AvgIpc) is 2.65. The van der Waals surface area contributed by atoms with Gasteiger partial charge in [0.05, 0.1) is 6.26 Å². The molecule has 0 radical (unpaired) electrons. The molecule has 1 rings (SSSR count). The molecule has 1 atom stereocenters. The zero-order valence-electron chi connectivity index (χ0n) is 7.95. The molecule has 3 nitrogen and oxygen atoms in total. The van der Waals surface area contributed by atoms with E-state index in [-0.39, 0.29) is 11.9 Å². The van der Waals surface area contributed by atoms with Crippen molar-refractivity contribution < 1.29 is 13.9 Å². The summed E-state index contributed by atoms with van der Waals surface area (Å²) in [7, 11) is 0. The summed E-state index contributed by atoms with van der Waals surface area (Å²) < 4.78 is 10.4. The van der Waals surface area contributed by atoms with Crippen LogP contribution in [0.1, 0.15) is 26.0 Å². The largest absolute Gasteiger partial charge is 0.467 e. The van der Waals surface area contributed by atoms with E-state index in [4.69, 9.17) is 9.15 Å². The summed E-state index contributed by atoms with van der Waals surface area (Å²) in [4.78, 5) is 11.1. The molecule has 1 aromatic rings. The summed E-state index contributed by atoms with van der Waals surface area (Å²) in [6, 6.07) is 3.62. The minimum absolute atomic E-state index is 0.117. The van der Waals surface area contributed by atoms with E-state index in [0.717, 1.165) is 5.76 Å². The Balaban J connectivity index is 2.30. The second-order valence-corrected chi connectivity index (χ2v) is 2.85. The lowest BCUT2D eigenvalue weighted by Gasteiger charge is -2.08. The van der Waals surface area contributed by atoms with Crippen LogP contribution in [-0.4, -0.2) is 11.9 Å². The Morgan fingerprint density at radius 1 is 1.69 bits per heavy atom. The number of carbonyl (C=O) groups is 1. The van der Waals surface area contributed by atoms with Crippen LogP contribution < -0.4 is 0 Å². The van der Waals surface area contributed by atoms with Crippen LogP contribution in [0.2, 0.25) is 0 Å². The Hall–Kier alpha value is -1.09. The van der Waals surface area contributed by atoms with E-state index >= 15 is 0 Å². The molecule has 0 saturated carbocycles. The SMILES string of the molecule is CCC(=O)C(C)OCc1ccco1. The molecule has 0 N–H and O–H groups in total. The van der Waals surface area contributed by atoms with Gasteiger partial charge >= 0.3 is 0 Å². The Labute approximate surface area is 77.7 Å². The van der Waals surface area contributed by atoms with Crippen molar-refractivity contribution in [2.75, 3.05) is 0 Å². The third kappa shape index (κ3) is 3.03. The molecule has 0 bridgehead atoms. The van der Waals surface area contributed by atoms with E-state index in [1.54, 1.807) is 19.3 Å². The Bertz CT molecular complexity index is 251. The summed E-state index contributed by atoms with van der Waals surface area (Å²) in [5.41, 5.74) is 0. The van der Waals surface area contributed by atoms with Gasteiger partial charge in [0, 0.05) is 6.42 Å². The highest BCUT2D eigenvalue weighted by Gasteiger charge is 2.11. The van der Waals surface area contributed by atoms with E-state index < -0.39 is 0 Å². The van der Waals surface area contributed by atoms with Crippen LogP contribution in [-0.2, 0) is 16.1 Å². The molecule has 0 fully saturated rings. The smallest absolute Gasteiger partial charge is 0.161 e. The summed E-state index contributed by atoms with van der Waals surface area (Å²) in [5, 5.41) is 0. The Morgan fingerprint density at radius 3 is 3.00 bits per heavy atom. The highest BCUT2D eigenvalue weighted by Crippen LogP contribution is 2.05. The molecule has 1 unspecified atom stereocenters. The predicted octanol–water partition coefficient (Wildman–Crippen LogP) is 2.16. The first-order valence-electron chi connectivity index (χ1n) is 4.40. The monoisotopic (exact) mass is 182 g/mol. The number of ketones is 1. The van der Waals surface area contributed by atoms with Crippen molar-refractivity contribution in [1.82, 2.24) is 0 Å². The van der Waals surface area contributed by atoms with Crippen LogP contribution in [0.25, 0.3) is 0 Å². The van der Waals surface area contributed by atoms with E-state index in [9.17, 15) is 4.79 Å². The van der Waals surface area contributed by atoms with Crippen molar-refractivity contribution in [3.8, 4) is 0 Å². The van der Waals surface area contributed by atoms with Crippen molar-refractivity contribution in [2.45, 2.75) is 33.0 Å². The van der Waals surface area contributed by atoms with Gasteiger partial charge < -0.3 is 9.15 Å². The molecule has 0 aliphatic heterocycles. The molecule has 13 heavy (non-hydrogen) atoms. The second kappa shape index (κ2) is 4.82. The molecule has 0 amide bonds. The van der Waals surface area contributed by atoms with Crippen LogP contribution in [0.5, 0.6) is 0 Å². The minimum Gasteiger partial charge on any atom is -0.467 e. The van der Waals surface area contributed by atoms with Crippen molar-refractivity contribution in [3.05, 3.63) is 24.2 Å². The van der Waals surface area contributed by atoms with Gasteiger partial charge in [-0.1, -0.05) is 6.92 Å². The molecule has 3 heteroatoms. The topological polar surface area (TPSA) is 39.4 Å². The molecule has 0 spiro atoms. The number of rotatable bonds is 5. The van der Waals surface area contributed by atoms with E-state index in [0.29, 0.717) is 13.0 Å². The molecular weight excluding hydrogens is 168 g/mol. The molecule has 1 heterocycles. The first-order chi connectivity index (χ1) is 6.24. The number of hydrogen-bond acceptors (Lipinski definition) is 3. The maximum absolute atomic E-state index is 11.1. The molecule has 0 aliphatic rings. The number of ether oxygens (including phenoxy) is 1. The van der Waals surface area contributed by atoms with Crippen molar-refractivity contribution in [2.24, 2.45) is 0 Å². The molecule has 0 aliphatic carbocycles. The van der Waals surface area contributed by atoms with Crippen LogP contribution in [0, 0.1) is 0 Å². The van der Waals surface area contributed by atoms with Crippen LogP contribution in [0.4, 0.5) is 0 Å². The highest BCUT2D eigenvalue weighted by atomic mass is 16.5. The quantitative estimate of drug-likeness (QED) is 0.700. The lowest BCUT2D eigenvalue weighted by molar-refractivity contribution is -0.130. The van der Waals surface area contributed by atoms with Gasteiger partial charge in [-0.15, -0.1) is 0 Å². The second-order valence-electron chi connectivity index (χ2n) is 2.85. The molecule has 1 aromatic heterocycles. The van der Waals surface area contributed by atoms with E-state index in [2.05, 4.69) is 0 Å². The van der Waals surface area contributed by atoms with Gasteiger partial charge in [-0.25, -0.2) is 0 Å². The zero-order chi connectivity index (χ0) is 9.68. The Kier molecular flexibility index (Phi) is 3.71. The summed E-state index contributed by atoms with van der Waals surface area (Å²) in [6.45, 7) is 3.95. The van der Waals surface area contributed by atoms with Crippen LogP contribution in [0.3, 0.4) is 0 Å². The van der Waals surface area contributed by atoms with Gasteiger partial charge in [0.25, 0.3) is 0 Å².